The van der Waals surface area contributed by atoms with Crippen molar-refractivity contribution < 1.29 is 27.1 Å². The smallest absolute Gasteiger partial charge is 0.339 e. The number of hydrogen-bond donors (Lipinski definition) is 1. The first-order chi connectivity index (χ1) is 15.2. The number of likely N-dealkylation sites (tertiary alicyclic amines) is 1. The van der Waals surface area contributed by atoms with Gasteiger partial charge in [0.1, 0.15) is 10.6 Å². The normalized spacial score (nSPS) is 16.4. The number of nitrogens with two attached hydrogens (primary N) is 1. The van der Waals surface area contributed by atoms with E-state index in [-0.39, 0.29) is 40.5 Å². The van der Waals surface area contributed by atoms with Crippen molar-refractivity contribution in [1.82, 2.24) is 4.90 Å². The van der Waals surface area contributed by atoms with E-state index in [9.17, 15) is 28.1 Å². The fourth-order valence-electron chi connectivity index (χ4n) is 3.59. The molecule has 1 unspecified atom stereocenters. The number of hydrogen-bond acceptors (Lipinski definition) is 7. The number of nitrogens with zero attached hydrogens (tertiary/aromatic N) is 2. The zero-order valence-electron chi connectivity index (χ0n) is 17.2. The molecule has 170 valence electrons. The summed E-state index contributed by atoms with van der Waals surface area (Å²) in [6, 6.07) is 10.2. The van der Waals surface area contributed by atoms with Gasteiger partial charge in [0.25, 0.3) is 11.6 Å². The fourth-order valence-corrected chi connectivity index (χ4v) is 4.57. The monoisotopic (exact) mass is 461 g/mol. The molecule has 32 heavy (non-hydrogen) atoms. The Labute approximate surface area is 185 Å². The number of primary amides is 1. The maximum absolute atomic E-state index is 12.8. The van der Waals surface area contributed by atoms with E-state index in [1.54, 1.807) is 4.90 Å². The standard InChI is InChI=1S/C21H23N3O7S/c22-20(25)11-6-15-3-2-12-23(14-15)21(26)16-7-9-18(10-8-16)31-32(29,30)19-5-1-4-17(13-19)24(27)28/h1,4-5,7-10,13,15H,2-3,6,11-12,14H2,(H2,22,25). The van der Waals surface area contributed by atoms with E-state index in [4.69, 9.17) is 9.92 Å². The predicted octanol–water partition coefficient (Wildman–Crippen LogP) is 2.48. The molecule has 0 radical (unpaired) electrons. The van der Waals surface area contributed by atoms with Crippen molar-refractivity contribution in [2.24, 2.45) is 11.7 Å². The topological polar surface area (TPSA) is 150 Å². The summed E-state index contributed by atoms with van der Waals surface area (Å²) < 4.78 is 29.9. The van der Waals surface area contributed by atoms with Gasteiger partial charge >= 0.3 is 10.1 Å². The van der Waals surface area contributed by atoms with Crippen molar-refractivity contribution in [3.63, 3.8) is 0 Å². The van der Waals surface area contributed by atoms with Gasteiger partial charge in [0.2, 0.25) is 5.91 Å². The van der Waals surface area contributed by atoms with Crippen molar-refractivity contribution in [2.45, 2.75) is 30.6 Å². The molecule has 0 aromatic heterocycles. The van der Waals surface area contributed by atoms with Crippen LogP contribution in [-0.2, 0) is 14.9 Å². The van der Waals surface area contributed by atoms with Crippen LogP contribution < -0.4 is 9.92 Å². The summed E-state index contributed by atoms with van der Waals surface area (Å²) in [6.45, 7) is 1.14. The quantitative estimate of drug-likeness (QED) is 0.360. The van der Waals surface area contributed by atoms with Crippen LogP contribution in [0.2, 0.25) is 0 Å². The number of carbonyl (C=O) groups excluding carboxylic acids is 2. The molecule has 2 N–H and O–H groups in total. The van der Waals surface area contributed by atoms with Gasteiger partial charge in [-0.3, -0.25) is 19.7 Å². The number of carbonyl (C=O) groups is 2. The van der Waals surface area contributed by atoms with E-state index in [1.807, 2.05) is 0 Å². The average molecular weight is 461 g/mol. The molecule has 1 heterocycles. The van der Waals surface area contributed by atoms with Crippen LogP contribution in [0.4, 0.5) is 5.69 Å². The largest absolute Gasteiger partial charge is 0.379 e. The minimum Gasteiger partial charge on any atom is -0.379 e. The molecule has 1 aliphatic heterocycles. The zero-order chi connectivity index (χ0) is 23.3. The highest BCUT2D eigenvalue weighted by Crippen LogP contribution is 2.25. The first-order valence-electron chi connectivity index (χ1n) is 10.0. The Hall–Kier alpha value is -3.47. The Kier molecular flexibility index (Phi) is 7.08. The van der Waals surface area contributed by atoms with Crippen LogP contribution in [0.25, 0.3) is 0 Å². The minimum absolute atomic E-state index is 0.0222. The van der Waals surface area contributed by atoms with Crippen LogP contribution in [0.3, 0.4) is 0 Å². The lowest BCUT2D eigenvalue weighted by Crippen LogP contribution is -2.40. The second-order valence-corrected chi connectivity index (χ2v) is 9.13. The summed E-state index contributed by atoms with van der Waals surface area (Å²) >= 11 is 0. The van der Waals surface area contributed by atoms with Gasteiger partial charge in [0, 0.05) is 37.2 Å². The second-order valence-electron chi connectivity index (χ2n) is 7.58. The number of amides is 2. The highest BCUT2D eigenvalue weighted by Gasteiger charge is 2.25. The van der Waals surface area contributed by atoms with Gasteiger partial charge in [-0.2, -0.15) is 8.42 Å². The lowest BCUT2D eigenvalue weighted by atomic mass is 9.93. The highest BCUT2D eigenvalue weighted by atomic mass is 32.2. The number of benzene rings is 2. The summed E-state index contributed by atoms with van der Waals surface area (Å²) in [4.78, 5) is 35.4. The molecule has 0 bridgehead atoms. The second kappa shape index (κ2) is 9.77. The van der Waals surface area contributed by atoms with Gasteiger partial charge in [0.05, 0.1) is 4.92 Å². The lowest BCUT2D eigenvalue weighted by Gasteiger charge is -2.32. The summed E-state index contributed by atoms with van der Waals surface area (Å²) in [5, 5.41) is 10.9. The third-order valence-electron chi connectivity index (χ3n) is 5.23. The van der Waals surface area contributed by atoms with E-state index < -0.39 is 15.0 Å². The lowest BCUT2D eigenvalue weighted by molar-refractivity contribution is -0.385. The number of rotatable bonds is 8. The molecule has 0 saturated carbocycles. The van der Waals surface area contributed by atoms with Crippen LogP contribution in [0.5, 0.6) is 5.75 Å². The zero-order valence-corrected chi connectivity index (χ0v) is 18.0. The molecule has 11 heteroatoms. The first-order valence-corrected chi connectivity index (χ1v) is 11.4. The van der Waals surface area contributed by atoms with Crippen molar-refractivity contribution in [3.05, 3.63) is 64.2 Å². The summed E-state index contributed by atoms with van der Waals surface area (Å²) in [7, 11) is -4.28. The van der Waals surface area contributed by atoms with Gasteiger partial charge in [-0.05, 0) is 55.5 Å². The van der Waals surface area contributed by atoms with E-state index in [1.165, 1.54) is 42.5 Å². The number of non-ortho nitro benzene ring substituents is 1. The summed E-state index contributed by atoms with van der Waals surface area (Å²) in [5.74, 6) is -0.361. The number of nitro groups is 1. The van der Waals surface area contributed by atoms with Crippen LogP contribution in [-0.4, -0.2) is 43.1 Å². The molecule has 2 aromatic carbocycles. The minimum atomic E-state index is -4.28. The molecule has 1 aliphatic rings. The van der Waals surface area contributed by atoms with Gasteiger partial charge in [0.15, 0.2) is 0 Å². The molecule has 10 nitrogen and oxygen atoms in total. The molecule has 1 saturated heterocycles. The Morgan fingerprint density at radius 1 is 1.19 bits per heavy atom. The maximum Gasteiger partial charge on any atom is 0.339 e. The highest BCUT2D eigenvalue weighted by molar-refractivity contribution is 7.87. The summed E-state index contributed by atoms with van der Waals surface area (Å²) in [6.07, 6.45) is 2.69. The fraction of sp³-hybridized carbons (Fsp3) is 0.333. The molecular formula is C21H23N3O7S. The van der Waals surface area contributed by atoms with Crippen molar-refractivity contribution >= 4 is 27.6 Å². The third-order valence-corrected chi connectivity index (χ3v) is 6.47. The van der Waals surface area contributed by atoms with E-state index in [0.29, 0.717) is 25.1 Å². The Bertz CT molecular complexity index is 1120. The molecule has 0 aliphatic carbocycles. The van der Waals surface area contributed by atoms with Gasteiger partial charge in [-0.1, -0.05) is 6.07 Å². The SMILES string of the molecule is NC(=O)CCC1CCCN(C(=O)c2ccc(OS(=O)(=O)c3cccc([N+](=O)[O-])c3)cc2)C1. The van der Waals surface area contributed by atoms with Gasteiger partial charge < -0.3 is 14.8 Å². The average Bonchev–Trinajstić information content (AvgIpc) is 2.78. The molecule has 1 atom stereocenters. The summed E-state index contributed by atoms with van der Waals surface area (Å²) in [5.41, 5.74) is 5.21. The molecule has 2 amide bonds. The van der Waals surface area contributed by atoms with E-state index >= 15 is 0 Å². The number of nitro benzene ring substituents is 1. The Morgan fingerprint density at radius 3 is 2.56 bits per heavy atom. The van der Waals surface area contributed by atoms with Crippen LogP contribution in [0, 0.1) is 16.0 Å². The van der Waals surface area contributed by atoms with Crippen LogP contribution in [0.1, 0.15) is 36.0 Å². The Morgan fingerprint density at radius 2 is 1.91 bits per heavy atom. The maximum atomic E-state index is 12.8. The molecule has 0 spiro atoms. The van der Waals surface area contributed by atoms with Crippen molar-refractivity contribution in [2.75, 3.05) is 13.1 Å². The Balaban J connectivity index is 1.67. The molecular weight excluding hydrogens is 438 g/mol. The number of piperidine rings is 1. The van der Waals surface area contributed by atoms with E-state index in [0.717, 1.165) is 18.9 Å². The third kappa shape index (κ3) is 5.82. The molecule has 1 fully saturated rings. The van der Waals surface area contributed by atoms with E-state index in [2.05, 4.69) is 0 Å². The van der Waals surface area contributed by atoms with Gasteiger partial charge in [-0.15, -0.1) is 0 Å². The van der Waals surface area contributed by atoms with Crippen molar-refractivity contribution in [3.8, 4) is 5.75 Å². The molecule has 2 aromatic rings. The van der Waals surface area contributed by atoms with Gasteiger partial charge in [-0.25, -0.2) is 0 Å². The van der Waals surface area contributed by atoms with Crippen LogP contribution in [0.15, 0.2) is 53.4 Å². The molecule has 3 rings (SSSR count). The van der Waals surface area contributed by atoms with Crippen molar-refractivity contribution in [1.29, 1.82) is 0 Å². The predicted molar refractivity (Wildman–Crippen MR) is 114 cm³/mol. The first kappa shape index (κ1) is 23.2. The van der Waals surface area contributed by atoms with Crippen LogP contribution >= 0.6 is 0 Å².